The summed E-state index contributed by atoms with van der Waals surface area (Å²) in [6.07, 6.45) is 0.690. The van der Waals surface area contributed by atoms with E-state index >= 15 is 0 Å². The second kappa shape index (κ2) is 8.49. The van der Waals surface area contributed by atoms with Gasteiger partial charge in [0.15, 0.2) is 0 Å². The average Bonchev–Trinajstić information content (AvgIpc) is 3.15. The third-order valence-corrected chi connectivity index (χ3v) is 4.65. The summed E-state index contributed by atoms with van der Waals surface area (Å²) in [5.74, 6) is -0.468. The standard InChI is InChI=1S/C19H17N3O5S/c1-3-27-19(25)22-17(24)13-7-9-28-18(13)21-16(23)12-6-8-20-15-5-4-11(26-2)10-14(12)15/h4-10H,3H2,1-2H3,(H,21,23)(H,22,24,25). The fourth-order valence-electron chi connectivity index (χ4n) is 2.53. The van der Waals surface area contributed by atoms with Gasteiger partial charge in [-0.2, -0.15) is 0 Å². The summed E-state index contributed by atoms with van der Waals surface area (Å²) in [7, 11) is 1.54. The summed E-state index contributed by atoms with van der Waals surface area (Å²) >= 11 is 1.17. The van der Waals surface area contributed by atoms with Crippen LogP contribution >= 0.6 is 11.3 Å². The number of fused-ring (bicyclic) bond motifs is 1. The first-order chi connectivity index (χ1) is 13.5. The highest BCUT2D eigenvalue weighted by atomic mass is 32.1. The second-order valence-corrected chi connectivity index (χ2v) is 6.45. The minimum absolute atomic E-state index is 0.144. The largest absolute Gasteiger partial charge is 0.497 e. The molecule has 2 aromatic heterocycles. The lowest BCUT2D eigenvalue weighted by molar-refractivity contribution is 0.0926. The molecule has 0 saturated carbocycles. The van der Waals surface area contributed by atoms with Crippen molar-refractivity contribution in [2.75, 3.05) is 19.0 Å². The van der Waals surface area contributed by atoms with Crippen molar-refractivity contribution in [2.24, 2.45) is 0 Å². The number of methoxy groups -OCH3 is 1. The molecule has 0 spiro atoms. The smallest absolute Gasteiger partial charge is 0.414 e. The van der Waals surface area contributed by atoms with E-state index in [0.29, 0.717) is 27.2 Å². The van der Waals surface area contributed by atoms with Crippen LogP contribution in [0.15, 0.2) is 41.9 Å². The zero-order valence-electron chi connectivity index (χ0n) is 15.1. The van der Waals surface area contributed by atoms with Crippen LogP contribution in [-0.2, 0) is 4.74 Å². The predicted molar refractivity (Wildman–Crippen MR) is 105 cm³/mol. The minimum Gasteiger partial charge on any atom is -0.497 e. The van der Waals surface area contributed by atoms with E-state index < -0.39 is 17.9 Å². The third kappa shape index (κ3) is 4.09. The Bertz CT molecular complexity index is 1050. The van der Waals surface area contributed by atoms with Crippen LogP contribution in [-0.4, -0.2) is 36.6 Å². The minimum atomic E-state index is -0.844. The van der Waals surface area contributed by atoms with Crippen molar-refractivity contribution in [3.8, 4) is 5.75 Å². The maximum atomic E-state index is 12.8. The Kier molecular flexibility index (Phi) is 5.85. The van der Waals surface area contributed by atoms with Gasteiger partial charge in [-0.25, -0.2) is 4.79 Å². The normalized spacial score (nSPS) is 10.4. The van der Waals surface area contributed by atoms with Gasteiger partial charge in [-0.05, 0) is 42.6 Å². The molecule has 0 aliphatic carbocycles. The number of hydrogen-bond acceptors (Lipinski definition) is 7. The SMILES string of the molecule is CCOC(=O)NC(=O)c1ccsc1NC(=O)c1ccnc2ccc(OC)cc12. The first-order valence-corrected chi connectivity index (χ1v) is 9.21. The van der Waals surface area contributed by atoms with Gasteiger partial charge in [0, 0.05) is 11.6 Å². The van der Waals surface area contributed by atoms with Crippen LogP contribution in [0.5, 0.6) is 5.75 Å². The van der Waals surface area contributed by atoms with Crippen LogP contribution in [0.25, 0.3) is 10.9 Å². The van der Waals surface area contributed by atoms with E-state index in [4.69, 9.17) is 9.47 Å². The molecule has 0 atom stereocenters. The Balaban J connectivity index is 1.85. The molecule has 0 saturated heterocycles. The Morgan fingerprint density at radius 3 is 2.68 bits per heavy atom. The molecule has 8 nitrogen and oxygen atoms in total. The van der Waals surface area contributed by atoms with E-state index in [1.165, 1.54) is 30.7 Å². The number of nitrogens with one attached hydrogen (secondary N) is 2. The first-order valence-electron chi connectivity index (χ1n) is 8.33. The molecule has 144 valence electrons. The van der Waals surface area contributed by atoms with Crippen molar-refractivity contribution in [1.29, 1.82) is 0 Å². The summed E-state index contributed by atoms with van der Waals surface area (Å²) in [4.78, 5) is 40.8. The van der Waals surface area contributed by atoms with Crippen molar-refractivity contribution in [1.82, 2.24) is 10.3 Å². The highest BCUT2D eigenvalue weighted by molar-refractivity contribution is 7.14. The zero-order valence-corrected chi connectivity index (χ0v) is 16.0. The summed E-state index contributed by atoms with van der Waals surface area (Å²) in [5, 5.41) is 7.41. The van der Waals surface area contributed by atoms with Crippen LogP contribution in [0, 0.1) is 0 Å². The summed E-state index contributed by atoms with van der Waals surface area (Å²) in [6.45, 7) is 1.78. The summed E-state index contributed by atoms with van der Waals surface area (Å²) < 4.78 is 9.91. The fraction of sp³-hybridized carbons (Fsp3) is 0.158. The monoisotopic (exact) mass is 399 g/mol. The number of ether oxygens (including phenoxy) is 2. The number of carbonyl (C=O) groups is 3. The van der Waals surface area contributed by atoms with E-state index in [1.54, 1.807) is 36.6 Å². The van der Waals surface area contributed by atoms with E-state index in [-0.39, 0.29) is 12.2 Å². The highest BCUT2D eigenvalue weighted by Gasteiger charge is 2.19. The summed E-state index contributed by atoms with van der Waals surface area (Å²) in [5.41, 5.74) is 1.19. The number of hydrogen-bond donors (Lipinski definition) is 2. The molecular formula is C19H17N3O5S. The van der Waals surface area contributed by atoms with Crippen LogP contribution < -0.4 is 15.4 Å². The molecule has 1 aromatic carbocycles. The van der Waals surface area contributed by atoms with Gasteiger partial charge >= 0.3 is 6.09 Å². The van der Waals surface area contributed by atoms with Gasteiger partial charge in [-0.15, -0.1) is 11.3 Å². The number of alkyl carbamates (subject to hydrolysis) is 1. The molecular weight excluding hydrogens is 382 g/mol. The second-order valence-electron chi connectivity index (χ2n) is 5.53. The molecule has 2 heterocycles. The number of thiophene rings is 1. The van der Waals surface area contributed by atoms with Gasteiger partial charge in [0.1, 0.15) is 10.8 Å². The van der Waals surface area contributed by atoms with Gasteiger partial charge in [0.05, 0.1) is 30.4 Å². The van der Waals surface area contributed by atoms with Gasteiger partial charge in [-0.1, -0.05) is 0 Å². The molecule has 3 aromatic rings. The molecule has 0 bridgehead atoms. The molecule has 28 heavy (non-hydrogen) atoms. The maximum Gasteiger partial charge on any atom is 0.414 e. The van der Waals surface area contributed by atoms with E-state index in [0.717, 1.165) is 0 Å². The maximum absolute atomic E-state index is 12.8. The number of aromatic nitrogens is 1. The number of imide groups is 1. The van der Waals surface area contributed by atoms with Crippen LogP contribution in [0.2, 0.25) is 0 Å². The predicted octanol–water partition coefficient (Wildman–Crippen LogP) is 3.44. The number of carbonyl (C=O) groups excluding carboxylic acids is 3. The number of amides is 3. The lowest BCUT2D eigenvalue weighted by atomic mass is 10.1. The Morgan fingerprint density at radius 1 is 1.11 bits per heavy atom. The Morgan fingerprint density at radius 2 is 1.93 bits per heavy atom. The van der Waals surface area contributed by atoms with E-state index in [1.807, 2.05) is 0 Å². The Labute approximate surface area is 164 Å². The lowest BCUT2D eigenvalue weighted by Gasteiger charge is -2.09. The highest BCUT2D eigenvalue weighted by Crippen LogP contribution is 2.26. The molecule has 0 fully saturated rings. The van der Waals surface area contributed by atoms with Gasteiger partial charge < -0.3 is 14.8 Å². The first kappa shape index (κ1) is 19.3. The van der Waals surface area contributed by atoms with Gasteiger partial charge in [-0.3, -0.25) is 19.9 Å². The molecule has 3 amide bonds. The van der Waals surface area contributed by atoms with Crippen LogP contribution in [0.4, 0.5) is 9.80 Å². The quantitative estimate of drug-likeness (QED) is 0.681. The van der Waals surface area contributed by atoms with Crippen molar-refractivity contribution in [3.05, 3.63) is 53.0 Å². The van der Waals surface area contributed by atoms with Gasteiger partial charge in [0.2, 0.25) is 0 Å². The average molecular weight is 399 g/mol. The number of nitrogens with zero attached hydrogens (tertiary/aromatic N) is 1. The zero-order chi connectivity index (χ0) is 20.1. The molecule has 2 N–H and O–H groups in total. The third-order valence-electron chi connectivity index (χ3n) is 3.82. The Hall–Kier alpha value is -3.46. The van der Waals surface area contributed by atoms with E-state index in [2.05, 4.69) is 15.6 Å². The van der Waals surface area contributed by atoms with E-state index in [9.17, 15) is 14.4 Å². The molecule has 0 radical (unpaired) electrons. The van der Waals surface area contributed by atoms with Crippen molar-refractivity contribution >= 4 is 45.1 Å². The number of rotatable bonds is 5. The van der Waals surface area contributed by atoms with Crippen molar-refractivity contribution < 1.29 is 23.9 Å². The molecule has 9 heteroatoms. The topological polar surface area (TPSA) is 107 Å². The van der Waals surface area contributed by atoms with Crippen molar-refractivity contribution in [2.45, 2.75) is 6.92 Å². The fourth-order valence-corrected chi connectivity index (χ4v) is 3.31. The lowest BCUT2D eigenvalue weighted by Crippen LogP contribution is -2.31. The molecule has 3 rings (SSSR count). The van der Waals surface area contributed by atoms with Crippen LogP contribution in [0.1, 0.15) is 27.6 Å². The number of benzene rings is 1. The van der Waals surface area contributed by atoms with Gasteiger partial charge in [0.25, 0.3) is 11.8 Å². The molecule has 0 aliphatic heterocycles. The van der Waals surface area contributed by atoms with Crippen molar-refractivity contribution in [3.63, 3.8) is 0 Å². The summed E-state index contributed by atoms with van der Waals surface area (Å²) in [6, 6.07) is 8.34. The molecule has 0 aliphatic rings. The number of pyridine rings is 1. The molecule has 0 unspecified atom stereocenters. The van der Waals surface area contributed by atoms with Crippen LogP contribution in [0.3, 0.4) is 0 Å². The number of anilines is 1.